The molecule has 2 heterocycles. The van der Waals surface area contributed by atoms with E-state index in [1.165, 1.54) is 12.8 Å². The lowest BCUT2D eigenvalue weighted by atomic mass is 9.93. The number of nitrogens with one attached hydrogen (secondary N) is 1. The van der Waals surface area contributed by atoms with Gasteiger partial charge in [-0.25, -0.2) is 14.8 Å². The summed E-state index contributed by atoms with van der Waals surface area (Å²) in [6.07, 6.45) is 10.6. The molecule has 2 aromatic heterocycles. The molecule has 3 fully saturated rings. The molecule has 1 aromatic carbocycles. The number of rotatable bonds is 15. The SMILES string of the molecule is C/C=C\CCCCN(C)C(=O)[C@@H]1C[C@H](Oc2nc(-c3nc(C4CC4)cs3)cc3cc(OC)ccc23)C[C@H]1C(=O)NC1(C(=O)OCC)CC1. The summed E-state index contributed by atoms with van der Waals surface area (Å²) in [5, 5.41) is 7.63. The van der Waals surface area contributed by atoms with Gasteiger partial charge in [-0.05, 0) is 101 Å². The van der Waals surface area contributed by atoms with Crippen molar-refractivity contribution in [2.24, 2.45) is 11.8 Å². The highest BCUT2D eigenvalue weighted by Crippen LogP contribution is 2.43. The fourth-order valence-electron chi connectivity index (χ4n) is 6.58. The van der Waals surface area contributed by atoms with Gasteiger partial charge in [0.2, 0.25) is 17.7 Å². The van der Waals surface area contributed by atoms with E-state index in [1.54, 1.807) is 37.3 Å². The lowest BCUT2D eigenvalue weighted by molar-refractivity contribution is -0.149. The van der Waals surface area contributed by atoms with E-state index in [1.807, 2.05) is 37.3 Å². The Labute approximate surface area is 286 Å². The van der Waals surface area contributed by atoms with Gasteiger partial charge >= 0.3 is 5.97 Å². The average molecular weight is 675 g/mol. The molecule has 3 saturated carbocycles. The van der Waals surface area contributed by atoms with Crippen molar-refractivity contribution in [2.75, 3.05) is 27.3 Å². The van der Waals surface area contributed by atoms with Gasteiger partial charge in [-0.2, -0.15) is 0 Å². The number of amides is 2. The third-order valence-electron chi connectivity index (χ3n) is 9.70. The minimum atomic E-state index is -1.00. The molecule has 10 nitrogen and oxygen atoms in total. The van der Waals surface area contributed by atoms with Crippen LogP contribution in [0.15, 0.2) is 41.8 Å². The first-order valence-electron chi connectivity index (χ1n) is 17.2. The van der Waals surface area contributed by atoms with Gasteiger partial charge < -0.3 is 24.4 Å². The molecule has 3 aliphatic rings. The molecule has 2 amide bonds. The highest BCUT2D eigenvalue weighted by atomic mass is 32.1. The third-order valence-corrected chi connectivity index (χ3v) is 10.6. The smallest absolute Gasteiger partial charge is 0.331 e. The summed E-state index contributed by atoms with van der Waals surface area (Å²) in [6, 6.07) is 7.76. The molecule has 0 bridgehead atoms. The van der Waals surface area contributed by atoms with Crippen molar-refractivity contribution in [2.45, 2.75) is 89.2 Å². The number of carbonyl (C=O) groups is 3. The standard InChI is InChI=1S/C37H46N4O6S/c1-5-7-8-9-10-17-41(3)35(43)29-21-26(20-28(29)32(42)40-37(15-16-37)36(44)46-6-2)47-33-27-14-13-25(45-4)18-24(27)19-30(38-33)34-39-31(22-48-34)23-11-12-23/h5,7,13-14,18-19,22-23,26,28-29H,6,8-12,15-17,20-21H2,1-4H3,(H,40,42)/b7-5-/t26-,28-,29-/m1/s1. The van der Waals surface area contributed by atoms with Gasteiger partial charge in [0.1, 0.15) is 28.1 Å². The summed E-state index contributed by atoms with van der Waals surface area (Å²) < 4.78 is 17.4. The molecule has 0 spiro atoms. The summed E-state index contributed by atoms with van der Waals surface area (Å²) in [5.41, 5.74) is 0.819. The van der Waals surface area contributed by atoms with Crippen LogP contribution in [0.5, 0.6) is 11.6 Å². The van der Waals surface area contributed by atoms with Gasteiger partial charge in [0.15, 0.2) is 0 Å². The molecule has 0 aliphatic heterocycles. The largest absolute Gasteiger partial charge is 0.497 e. The molecule has 1 N–H and O–H groups in total. The average Bonchev–Trinajstić information content (AvgIpc) is 4.00. The zero-order chi connectivity index (χ0) is 33.8. The van der Waals surface area contributed by atoms with Crippen molar-refractivity contribution in [3.8, 4) is 22.3 Å². The molecule has 0 radical (unpaired) electrons. The molecule has 6 rings (SSSR count). The lowest BCUT2D eigenvalue weighted by Crippen LogP contribution is -2.48. The molecule has 0 unspecified atom stereocenters. The molecular formula is C37H46N4O6S. The summed E-state index contributed by atoms with van der Waals surface area (Å²) in [7, 11) is 3.44. The Balaban J connectivity index is 1.26. The first-order valence-corrected chi connectivity index (χ1v) is 18.1. The van der Waals surface area contributed by atoms with Crippen molar-refractivity contribution in [3.63, 3.8) is 0 Å². The topological polar surface area (TPSA) is 120 Å². The number of ether oxygens (including phenoxy) is 3. The van der Waals surface area contributed by atoms with Crippen molar-refractivity contribution >= 4 is 39.9 Å². The quantitative estimate of drug-likeness (QED) is 0.111. The Hall–Kier alpha value is -3.99. The lowest BCUT2D eigenvalue weighted by Gasteiger charge is -2.26. The number of fused-ring (bicyclic) bond motifs is 1. The van der Waals surface area contributed by atoms with E-state index in [4.69, 9.17) is 24.2 Å². The van der Waals surface area contributed by atoms with Gasteiger partial charge in [-0.3, -0.25) is 9.59 Å². The Bertz CT molecular complexity index is 1680. The molecule has 48 heavy (non-hydrogen) atoms. The van der Waals surface area contributed by atoms with Crippen LogP contribution < -0.4 is 14.8 Å². The van der Waals surface area contributed by atoms with Crippen LogP contribution >= 0.6 is 11.3 Å². The predicted octanol–water partition coefficient (Wildman–Crippen LogP) is 6.43. The molecular weight excluding hydrogens is 628 g/mol. The number of aromatic nitrogens is 2. The highest BCUT2D eigenvalue weighted by molar-refractivity contribution is 7.13. The number of methoxy groups -OCH3 is 1. The fraction of sp³-hybridized carbons (Fsp3) is 0.541. The molecule has 0 saturated heterocycles. The Morgan fingerprint density at radius 2 is 1.90 bits per heavy atom. The van der Waals surface area contributed by atoms with E-state index in [-0.39, 0.29) is 18.4 Å². The number of benzene rings is 1. The Morgan fingerprint density at radius 3 is 2.60 bits per heavy atom. The van der Waals surface area contributed by atoms with Gasteiger partial charge in [0.25, 0.3) is 0 Å². The molecule has 3 atom stereocenters. The van der Waals surface area contributed by atoms with Crippen LogP contribution in [0.2, 0.25) is 0 Å². The van der Waals surface area contributed by atoms with E-state index < -0.39 is 29.4 Å². The number of carbonyl (C=O) groups excluding carboxylic acids is 3. The third kappa shape index (κ3) is 7.51. The van der Waals surface area contributed by atoms with Crippen LogP contribution in [0, 0.1) is 11.8 Å². The van der Waals surface area contributed by atoms with Crippen LogP contribution in [0.3, 0.4) is 0 Å². The summed E-state index contributed by atoms with van der Waals surface area (Å²) in [5.74, 6) is -0.368. The minimum absolute atomic E-state index is 0.0834. The maximum Gasteiger partial charge on any atom is 0.331 e. The van der Waals surface area contributed by atoms with Crippen LogP contribution in [-0.4, -0.2) is 71.6 Å². The first-order chi connectivity index (χ1) is 23.2. The van der Waals surface area contributed by atoms with Gasteiger partial charge in [-0.15, -0.1) is 11.3 Å². The van der Waals surface area contributed by atoms with Crippen LogP contribution in [-0.2, 0) is 19.1 Å². The van der Waals surface area contributed by atoms with Crippen molar-refractivity contribution in [1.82, 2.24) is 20.2 Å². The normalized spacial score (nSPS) is 21.3. The number of allylic oxidation sites excluding steroid dienone is 2. The van der Waals surface area contributed by atoms with Gasteiger partial charge in [-0.1, -0.05) is 12.2 Å². The molecule has 11 heteroatoms. The van der Waals surface area contributed by atoms with Crippen LogP contribution in [0.4, 0.5) is 0 Å². The summed E-state index contributed by atoms with van der Waals surface area (Å²) in [4.78, 5) is 52.1. The van der Waals surface area contributed by atoms with Crippen molar-refractivity contribution in [3.05, 3.63) is 47.5 Å². The molecule has 256 valence electrons. The zero-order valence-electron chi connectivity index (χ0n) is 28.3. The zero-order valence-corrected chi connectivity index (χ0v) is 29.1. The van der Waals surface area contributed by atoms with E-state index in [9.17, 15) is 14.4 Å². The van der Waals surface area contributed by atoms with E-state index in [0.717, 1.165) is 46.5 Å². The number of pyridine rings is 1. The number of esters is 1. The van der Waals surface area contributed by atoms with E-state index in [2.05, 4.69) is 16.8 Å². The highest BCUT2D eigenvalue weighted by Gasteiger charge is 2.55. The first kappa shape index (κ1) is 33.9. The number of hydrogen-bond acceptors (Lipinski definition) is 9. The van der Waals surface area contributed by atoms with E-state index in [0.29, 0.717) is 49.7 Å². The van der Waals surface area contributed by atoms with Crippen molar-refractivity contribution < 1.29 is 28.6 Å². The Morgan fingerprint density at radius 1 is 1.10 bits per heavy atom. The van der Waals surface area contributed by atoms with E-state index >= 15 is 0 Å². The maximum absolute atomic E-state index is 13.9. The molecule has 3 aromatic rings. The Kier molecular flexibility index (Phi) is 10.3. The fourth-order valence-corrected chi connectivity index (χ4v) is 7.44. The van der Waals surface area contributed by atoms with Gasteiger partial charge in [0, 0.05) is 30.3 Å². The van der Waals surface area contributed by atoms with Gasteiger partial charge in [0.05, 0.1) is 31.2 Å². The minimum Gasteiger partial charge on any atom is -0.497 e. The second kappa shape index (κ2) is 14.6. The van der Waals surface area contributed by atoms with Crippen LogP contribution in [0.1, 0.15) is 83.2 Å². The maximum atomic E-state index is 13.9. The predicted molar refractivity (Wildman–Crippen MR) is 185 cm³/mol. The monoisotopic (exact) mass is 674 g/mol. The number of hydrogen-bond donors (Lipinski definition) is 1. The molecule has 3 aliphatic carbocycles. The summed E-state index contributed by atoms with van der Waals surface area (Å²) >= 11 is 1.58. The number of thiazole rings is 1. The number of unbranched alkanes of at least 4 members (excludes halogenated alkanes) is 2. The number of nitrogens with zero attached hydrogens (tertiary/aromatic N) is 3. The summed E-state index contributed by atoms with van der Waals surface area (Å²) in [6.45, 7) is 4.60. The second-order valence-electron chi connectivity index (χ2n) is 13.3. The van der Waals surface area contributed by atoms with Crippen LogP contribution in [0.25, 0.3) is 21.5 Å². The second-order valence-corrected chi connectivity index (χ2v) is 14.2. The van der Waals surface area contributed by atoms with Crippen molar-refractivity contribution in [1.29, 1.82) is 0 Å².